The lowest BCUT2D eigenvalue weighted by Crippen LogP contribution is -2.37. The zero-order chi connectivity index (χ0) is 51.2. The fourth-order valence-electron chi connectivity index (χ4n) is 9.32. The third-order valence-electron chi connectivity index (χ3n) is 13.1. The molecule has 0 saturated heterocycles. The molecule has 5 aromatic rings. The molecule has 0 saturated carbocycles. The molecule has 0 bridgehead atoms. The molecule has 73 heavy (non-hydrogen) atoms. The number of ether oxygens (including phenoxy) is 4. The molecular weight excluding hydrogens is 935 g/mol. The van der Waals surface area contributed by atoms with Gasteiger partial charge in [-0.05, 0) is 64.7 Å². The number of carbonyl (C=O) groups is 7. The first-order valence-corrected chi connectivity index (χ1v) is 23.9. The predicted molar refractivity (Wildman–Crippen MR) is 271 cm³/mol. The first-order chi connectivity index (χ1) is 35.4. The summed E-state index contributed by atoms with van der Waals surface area (Å²) in [5.41, 5.74) is 6.73. The van der Waals surface area contributed by atoms with Gasteiger partial charge < -0.3 is 34.9 Å². The Morgan fingerprint density at radius 3 is 1.62 bits per heavy atom. The minimum Gasteiger partial charge on any atom is -0.493 e. The smallest absolute Gasteiger partial charge is 0.261 e. The van der Waals surface area contributed by atoms with E-state index in [1.165, 1.54) is 21.3 Å². The van der Waals surface area contributed by atoms with Gasteiger partial charge in [0, 0.05) is 100 Å². The van der Waals surface area contributed by atoms with Crippen LogP contribution in [0.15, 0.2) is 101 Å². The Hall–Kier alpha value is -8.67. The van der Waals surface area contributed by atoms with Gasteiger partial charge in [-0.2, -0.15) is 0 Å². The second-order valence-electron chi connectivity index (χ2n) is 17.9. The van der Waals surface area contributed by atoms with Crippen molar-refractivity contribution in [3.8, 4) is 23.0 Å². The maximum absolute atomic E-state index is 14.0. The van der Waals surface area contributed by atoms with Crippen LogP contribution in [-0.4, -0.2) is 100.0 Å². The zero-order valence-electron chi connectivity index (χ0n) is 40.5. The zero-order valence-corrected chi connectivity index (χ0v) is 40.5. The van der Waals surface area contributed by atoms with Crippen molar-refractivity contribution < 1.29 is 52.5 Å². The number of ketones is 2. The highest BCUT2D eigenvalue weighted by molar-refractivity contribution is 6.16. The van der Waals surface area contributed by atoms with Crippen LogP contribution in [0.4, 0.5) is 22.7 Å². The second kappa shape index (κ2) is 21.8. The number of carbonyl (C=O) groups excluding carboxylic acids is 7. The lowest BCUT2D eigenvalue weighted by atomic mass is 10.0. The number of para-hydroxylation sites is 2. The number of aliphatic imine (C=N–C) groups is 2. The summed E-state index contributed by atoms with van der Waals surface area (Å²) in [6.07, 6.45) is 4.30. The number of nitrogens with one attached hydrogen (secondary N) is 3. The summed E-state index contributed by atoms with van der Waals surface area (Å²) in [5.74, 6) is -1.08. The molecule has 2 atom stereocenters. The van der Waals surface area contributed by atoms with E-state index in [2.05, 4.69) is 16.0 Å². The fourth-order valence-corrected chi connectivity index (χ4v) is 9.32. The Labute approximate surface area is 420 Å². The number of hydrogen-bond acceptors (Lipinski definition) is 13. The monoisotopic (exact) mass is 987 g/mol. The number of rotatable bonds is 20. The van der Waals surface area contributed by atoms with E-state index >= 15 is 0 Å². The minimum atomic E-state index is -0.526. The molecule has 5 amide bonds. The standard InChI is InChI=1S/C55H53N7O11/c1-56-51(65)16-17-57-52(66)14-12-39(63)29-60-53(67)15-13-46(64)36-19-32(30-72-49-25-42-40(23-47(49)70-2)54(68)61-37(27-58-42)21-34-8-4-6-10-44(34)61)18-33(20-36)31-73-50-26-43-41(24-48(50)71-3)55(69)62-38(28-59-43)22-35-9-5-7-11-45(35)62/h4-11,18-20,23-28,37-38H,12-17,21-22,29-31H2,1-3H3,(H,56,65)(H,57,66)(H,60,67)/t37-,38-/m0/s1. The van der Waals surface area contributed by atoms with Crippen molar-refractivity contribution in [1.29, 1.82) is 0 Å². The molecule has 0 unspecified atom stereocenters. The fraction of sp³-hybridized carbons (Fsp3) is 0.291. The Balaban J connectivity index is 0.911. The Bertz CT molecular complexity index is 2950. The lowest BCUT2D eigenvalue weighted by Gasteiger charge is -2.22. The van der Waals surface area contributed by atoms with E-state index in [0.717, 1.165) is 22.5 Å². The van der Waals surface area contributed by atoms with Crippen LogP contribution >= 0.6 is 0 Å². The largest absolute Gasteiger partial charge is 0.493 e. The maximum atomic E-state index is 14.0. The Morgan fingerprint density at radius 1 is 0.589 bits per heavy atom. The van der Waals surface area contributed by atoms with Crippen LogP contribution < -0.4 is 44.7 Å². The highest BCUT2D eigenvalue weighted by Gasteiger charge is 2.38. The topological polar surface area (TPSA) is 224 Å². The van der Waals surface area contributed by atoms with Gasteiger partial charge in [-0.25, -0.2) is 0 Å². The number of anilines is 2. The molecule has 374 valence electrons. The first-order valence-electron chi connectivity index (χ1n) is 23.9. The van der Waals surface area contributed by atoms with Crippen molar-refractivity contribution in [2.75, 3.05) is 44.2 Å². The molecule has 0 aromatic heterocycles. The van der Waals surface area contributed by atoms with E-state index in [0.29, 0.717) is 69.5 Å². The summed E-state index contributed by atoms with van der Waals surface area (Å²) in [4.78, 5) is 104. The van der Waals surface area contributed by atoms with Crippen LogP contribution in [-0.2, 0) is 45.2 Å². The van der Waals surface area contributed by atoms with E-state index in [4.69, 9.17) is 28.9 Å². The molecule has 0 radical (unpaired) electrons. The SMILES string of the molecule is CNC(=O)CCNC(=O)CCC(=O)CNC(=O)CCC(=O)c1cc(COc2cc3c(cc2OC)C(=O)N2c4ccccc4C[C@H]2C=N3)cc(COc2cc3c(cc2OC)C(=O)N2c4ccccc4C[C@H]2C=N3)c1. The van der Waals surface area contributed by atoms with Gasteiger partial charge in [0.1, 0.15) is 13.2 Å². The van der Waals surface area contributed by atoms with Crippen LogP contribution in [0, 0.1) is 0 Å². The molecule has 0 fully saturated rings. The molecule has 4 aliphatic heterocycles. The average Bonchev–Trinajstić information content (AvgIpc) is 3.90. The molecule has 4 aliphatic rings. The van der Waals surface area contributed by atoms with Crippen LogP contribution in [0.3, 0.4) is 0 Å². The van der Waals surface area contributed by atoms with Gasteiger partial charge in [-0.1, -0.05) is 36.4 Å². The molecule has 4 heterocycles. The van der Waals surface area contributed by atoms with Crippen molar-refractivity contribution in [3.05, 3.63) is 130 Å². The third-order valence-corrected chi connectivity index (χ3v) is 13.1. The number of benzene rings is 5. The van der Waals surface area contributed by atoms with Crippen molar-refractivity contribution in [2.24, 2.45) is 9.98 Å². The molecule has 0 spiro atoms. The van der Waals surface area contributed by atoms with Gasteiger partial charge >= 0.3 is 0 Å². The summed E-state index contributed by atoms with van der Waals surface area (Å²) in [6.45, 7) is -0.295. The van der Waals surface area contributed by atoms with Crippen LogP contribution in [0.5, 0.6) is 23.0 Å². The van der Waals surface area contributed by atoms with Gasteiger partial charge in [0.05, 0.1) is 55.3 Å². The first kappa shape index (κ1) is 49.3. The van der Waals surface area contributed by atoms with Gasteiger partial charge in [0.15, 0.2) is 34.6 Å². The average molecular weight is 988 g/mol. The number of methoxy groups -OCH3 is 2. The van der Waals surface area contributed by atoms with Gasteiger partial charge in [-0.15, -0.1) is 0 Å². The molecule has 3 N–H and O–H groups in total. The lowest BCUT2D eigenvalue weighted by molar-refractivity contribution is -0.127. The van der Waals surface area contributed by atoms with Gasteiger partial charge in [0.2, 0.25) is 17.7 Å². The van der Waals surface area contributed by atoms with E-state index in [1.54, 1.807) is 58.6 Å². The van der Waals surface area contributed by atoms with E-state index < -0.39 is 11.8 Å². The number of hydrogen-bond donors (Lipinski definition) is 3. The molecule has 0 aliphatic carbocycles. The Kier molecular flexibility index (Phi) is 14.7. The maximum Gasteiger partial charge on any atom is 0.261 e. The number of fused-ring (bicyclic) bond motifs is 8. The third kappa shape index (κ3) is 10.8. The van der Waals surface area contributed by atoms with Crippen LogP contribution in [0.1, 0.15) is 85.4 Å². The van der Waals surface area contributed by atoms with Crippen LogP contribution in [0.25, 0.3) is 0 Å². The number of amides is 5. The summed E-state index contributed by atoms with van der Waals surface area (Å²) in [6, 6.07) is 26.7. The molecule has 5 aromatic carbocycles. The highest BCUT2D eigenvalue weighted by Crippen LogP contribution is 2.43. The van der Waals surface area contributed by atoms with Gasteiger partial charge in [-0.3, -0.25) is 53.3 Å². The number of Topliss-reactive ketones (excluding diaryl/α,β-unsaturated/α-hetero) is 2. The molecule has 18 heteroatoms. The molecule has 9 rings (SSSR count). The summed E-state index contributed by atoms with van der Waals surface area (Å²) in [7, 11) is 4.45. The van der Waals surface area contributed by atoms with Crippen molar-refractivity contribution >= 4 is 76.3 Å². The quantitative estimate of drug-likeness (QED) is 0.0754. The van der Waals surface area contributed by atoms with Crippen molar-refractivity contribution in [1.82, 2.24) is 16.0 Å². The highest BCUT2D eigenvalue weighted by atomic mass is 16.5. The minimum absolute atomic E-state index is 0.0580. The summed E-state index contributed by atoms with van der Waals surface area (Å²) in [5, 5.41) is 7.57. The van der Waals surface area contributed by atoms with Crippen molar-refractivity contribution in [3.63, 3.8) is 0 Å². The van der Waals surface area contributed by atoms with Crippen molar-refractivity contribution in [2.45, 2.75) is 70.2 Å². The summed E-state index contributed by atoms with van der Waals surface area (Å²) >= 11 is 0. The van der Waals surface area contributed by atoms with Crippen LogP contribution in [0.2, 0.25) is 0 Å². The van der Waals surface area contributed by atoms with Gasteiger partial charge in [0.25, 0.3) is 11.8 Å². The number of nitrogens with zero attached hydrogens (tertiary/aromatic N) is 4. The second-order valence-corrected chi connectivity index (χ2v) is 17.9. The van der Waals surface area contributed by atoms with E-state index in [1.807, 2.05) is 54.6 Å². The summed E-state index contributed by atoms with van der Waals surface area (Å²) < 4.78 is 24.2. The molecular formula is C55H53N7O11. The predicted octanol–water partition coefficient (Wildman–Crippen LogP) is 6.12. The van der Waals surface area contributed by atoms with E-state index in [-0.39, 0.29) is 105 Å². The Morgan fingerprint density at radius 2 is 1.10 bits per heavy atom. The normalized spacial score (nSPS) is 15.6. The molecule has 18 nitrogen and oxygen atoms in total. The van der Waals surface area contributed by atoms with E-state index in [9.17, 15) is 33.6 Å².